The van der Waals surface area contributed by atoms with Crippen LogP contribution in [0.3, 0.4) is 0 Å². The van der Waals surface area contributed by atoms with Crippen molar-refractivity contribution in [2.75, 3.05) is 19.6 Å². The highest BCUT2D eigenvalue weighted by Gasteiger charge is 2.34. The van der Waals surface area contributed by atoms with Crippen LogP contribution in [0.15, 0.2) is 4.52 Å². The summed E-state index contributed by atoms with van der Waals surface area (Å²) < 4.78 is 5.25. The van der Waals surface area contributed by atoms with Crippen molar-refractivity contribution in [1.29, 1.82) is 0 Å². The number of likely N-dealkylation sites (tertiary alicyclic amines) is 2. The number of hydrogen-bond donors (Lipinski definition) is 1. The maximum absolute atomic E-state index is 12.7. The fraction of sp³-hybridized carbons (Fsp3) is 0.842. The van der Waals surface area contributed by atoms with Crippen molar-refractivity contribution in [2.24, 2.45) is 5.92 Å². The second-order valence-corrected chi connectivity index (χ2v) is 8.06. The molecule has 3 rings (SSSR count). The van der Waals surface area contributed by atoms with Crippen LogP contribution in [-0.4, -0.2) is 57.7 Å². The highest BCUT2D eigenvalue weighted by molar-refractivity contribution is 5.74. The van der Waals surface area contributed by atoms with Gasteiger partial charge in [0.2, 0.25) is 5.89 Å². The van der Waals surface area contributed by atoms with Crippen LogP contribution in [0.1, 0.15) is 64.1 Å². The predicted molar refractivity (Wildman–Crippen MR) is 99.7 cm³/mol. The fourth-order valence-corrected chi connectivity index (χ4v) is 4.30. The molecule has 2 saturated heterocycles. The van der Waals surface area contributed by atoms with Gasteiger partial charge in [0.15, 0.2) is 5.82 Å². The summed E-state index contributed by atoms with van der Waals surface area (Å²) >= 11 is 0. The lowest BCUT2D eigenvalue weighted by Crippen LogP contribution is -2.52. The number of carbonyl (C=O) groups is 1. The van der Waals surface area contributed by atoms with Gasteiger partial charge in [0.1, 0.15) is 0 Å². The Morgan fingerprint density at radius 1 is 1.19 bits per heavy atom. The van der Waals surface area contributed by atoms with E-state index in [0.717, 1.165) is 51.9 Å². The molecule has 3 heterocycles. The minimum Gasteiger partial charge on any atom is -0.338 e. The smallest absolute Gasteiger partial charge is 0.317 e. The van der Waals surface area contributed by atoms with Crippen LogP contribution in [0, 0.1) is 12.8 Å². The first-order valence-corrected chi connectivity index (χ1v) is 10.1. The molecule has 1 atom stereocenters. The van der Waals surface area contributed by atoms with Crippen molar-refractivity contribution in [3.8, 4) is 0 Å². The zero-order valence-electron chi connectivity index (χ0n) is 16.4. The number of carbonyl (C=O) groups excluding carboxylic acids is 1. The SMILES string of the molecule is Cc1noc(CN2CCC([C@H]3CCCCCN3C(=O)NC(C)C)CC2)n1. The first-order valence-electron chi connectivity index (χ1n) is 10.1. The normalized spacial score (nSPS) is 23.2. The van der Waals surface area contributed by atoms with E-state index in [-0.39, 0.29) is 12.1 Å². The van der Waals surface area contributed by atoms with Gasteiger partial charge in [-0.3, -0.25) is 4.90 Å². The first kappa shape index (κ1) is 19.1. The average Bonchev–Trinajstić information content (AvgIpc) is 2.86. The van der Waals surface area contributed by atoms with Crippen molar-refractivity contribution in [3.63, 3.8) is 0 Å². The Morgan fingerprint density at radius 3 is 2.62 bits per heavy atom. The maximum Gasteiger partial charge on any atom is 0.317 e. The Morgan fingerprint density at radius 2 is 1.96 bits per heavy atom. The van der Waals surface area contributed by atoms with Crippen LogP contribution in [0.5, 0.6) is 0 Å². The molecule has 2 fully saturated rings. The van der Waals surface area contributed by atoms with Gasteiger partial charge in [-0.05, 0) is 65.5 Å². The van der Waals surface area contributed by atoms with Gasteiger partial charge in [0.05, 0.1) is 6.54 Å². The van der Waals surface area contributed by atoms with Crippen LogP contribution in [0.2, 0.25) is 0 Å². The van der Waals surface area contributed by atoms with Gasteiger partial charge >= 0.3 is 6.03 Å². The molecule has 0 radical (unpaired) electrons. The van der Waals surface area contributed by atoms with Crippen LogP contribution in [0.25, 0.3) is 0 Å². The number of urea groups is 1. The van der Waals surface area contributed by atoms with Gasteiger partial charge in [0, 0.05) is 18.6 Å². The van der Waals surface area contributed by atoms with Crippen molar-refractivity contribution in [1.82, 2.24) is 25.3 Å². The number of piperidine rings is 1. The summed E-state index contributed by atoms with van der Waals surface area (Å²) in [5.41, 5.74) is 0. The monoisotopic (exact) mass is 363 g/mol. The molecule has 2 aliphatic heterocycles. The van der Waals surface area contributed by atoms with Gasteiger partial charge in [-0.25, -0.2) is 4.79 Å². The van der Waals surface area contributed by atoms with E-state index in [1.807, 2.05) is 20.8 Å². The molecule has 0 aliphatic carbocycles. The second kappa shape index (κ2) is 8.84. The number of aromatic nitrogens is 2. The predicted octanol–water partition coefficient (Wildman–Crippen LogP) is 2.95. The summed E-state index contributed by atoms with van der Waals surface area (Å²) in [4.78, 5) is 21.5. The molecule has 1 aromatic heterocycles. The van der Waals surface area contributed by atoms with E-state index in [4.69, 9.17) is 4.52 Å². The maximum atomic E-state index is 12.7. The molecule has 0 aromatic carbocycles. The molecule has 0 saturated carbocycles. The zero-order chi connectivity index (χ0) is 18.5. The van der Waals surface area contributed by atoms with E-state index < -0.39 is 0 Å². The fourth-order valence-electron chi connectivity index (χ4n) is 4.30. The van der Waals surface area contributed by atoms with Gasteiger partial charge in [0.25, 0.3) is 0 Å². The largest absolute Gasteiger partial charge is 0.338 e. The van der Waals surface area contributed by atoms with Crippen molar-refractivity contribution < 1.29 is 9.32 Å². The van der Waals surface area contributed by atoms with Crippen LogP contribution in [-0.2, 0) is 6.54 Å². The molecule has 26 heavy (non-hydrogen) atoms. The van der Waals surface area contributed by atoms with E-state index in [9.17, 15) is 4.79 Å². The topological polar surface area (TPSA) is 74.5 Å². The lowest BCUT2D eigenvalue weighted by atomic mass is 9.86. The second-order valence-electron chi connectivity index (χ2n) is 8.06. The average molecular weight is 364 g/mol. The lowest BCUT2D eigenvalue weighted by Gasteiger charge is -2.40. The van der Waals surface area contributed by atoms with Gasteiger partial charge in [-0.15, -0.1) is 0 Å². The Bertz CT molecular complexity index is 580. The summed E-state index contributed by atoms with van der Waals surface area (Å²) in [5, 5.41) is 6.97. The Hall–Kier alpha value is -1.63. The van der Waals surface area contributed by atoms with E-state index in [0.29, 0.717) is 23.7 Å². The van der Waals surface area contributed by atoms with E-state index in [2.05, 4.69) is 25.3 Å². The number of aryl methyl sites for hydroxylation is 1. The van der Waals surface area contributed by atoms with E-state index in [1.165, 1.54) is 12.8 Å². The molecule has 7 nitrogen and oxygen atoms in total. The third-order valence-corrected chi connectivity index (χ3v) is 5.58. The van der Waals surface area contributed by atoms with Gasteiger partial charge < -0.3 is 14.7 Å². The highest BCUT2D eigenvalue weighted by atomic mass is 16.5. The molecule has 1 aromatic rings. The summed E-state index contributed by atoms with van der Waals surface area (Å²) in [6, 6.07) is 0.686. The Kier molecular flexibility index (Phi) is 6.51. The third-order valence-electron chi connectivity index (χ3n) is 5.58. The molecular weight excluding hydrogens is 330 g/mol. The van der Waals surface area contributed by atoms with Crippen molar-refractivity contribution in [3.05, 3.63) is 11.7 Å². The quantitative estimate of drug-likeness (QED) is 0.890. The zero-order valence-corrected chi connectivity index (χ0v) is 16.4. The summed E-state index contributed by atoms with van der Waals surface area (Å²) in [5.74, 6) is 1.99. The van der Waals surface area contributed by atoms with Gasteiger partial charge in [-0.1, -0.05) is 18.0 Å². The van der Waals surface area contributed by atoms with E-state index >= 15 is 0 Å². The molecule has 0 spiro atoms. The van der Waals surface area contributed by atoms with Crippen LogP contribution < -0.4 is 5.32 Å². The van der Waals surface area contributed by atoms with Gasteiger partial charge in [-0.2, -0.15) is 4.98 Å². The molecule has 0 bridgehead atoms. The molecule has 2 amide bonds. The van der Waals surface area contributed by atoms with Crippen molar-refractivity contribution in [2.45, 2.75) is 77.9 Å². The number of hydrogen-bond acceptors (Lipinski definition) is 5. The molecule has 1 N–H and O–H groups in total. The number of rotatable bonds is 4. The molecule has 7 heteroatoms. The van der Waals surface area contributed by atoms with Crippen LogP contribution in [0.4, 0.5) is 4.79 Å². The summed E-state index contributed by atoms with van der Waals surface area (Å²) in [6.45, 7) is 9.60. The lowest BCUT2D eigenvalue weighted by molar-refractivity contribution is 0.0927. The highest BCUT2D eigenvalue weighted by Crippen LogP contribution is 2.30. The third kappa shape index (κ3) is 4.96. The van der Waals surface area contributed by atoms with E-state index in [1.54, 1.807) is 0 Å². The van der Waals surface area contributed by atoms with Crippen molar-refractivity contribution >= 4 is 6.03 Å². The summed E-state index contributed by atoms with van der Waals surface area (Å²) in [6.07, 6.45) is 6.98. The number of amides is 2. The summed E-state index contributed by atoms with van der Waals surface area (Å²) in [7, 11) is 0. The standard InChI is InChI=1S/C19H33N5O2/c1-14(2)20-19(25)24-10-6-4-5-7-17(24)16-8-11-23(12-9-16)13-18-21-15(3)22-26-18/h14,16-17H,4-13H2,1-3H3,(H,20,25)/t17-/m1/s1. The number of nitrogens with one attached hydrogen (secondary N) is 1. The molecule has 146 valence electrons. The first-order chi connectivity index (χ1) is 12.5. The molecular formula is C19H33N5O2. The minimum absolute atomic E-state index is 0.121. The minimum atomic E-state index is 0.121. The Balaban J connectivity index is 1.57. The molecule has 0 unspecified atom stereocenters. The number of nitrogens with zero attached hydrogens (tertiary/aromatic N) is 4. The molecule has 2 aliphatic rings. The Labute approximate surface area is 156 Å². The van der Waals surface area contributed by atoms with Crippen LogP contribution >= 0.6 is 0 Å².